The van der Waals surface area contributed by atoms with Gasteiger partial charge < -0.3 is 4.74 Å². The minimum Gasteiger partial charge on any atom is -0.465 e. The van der Waals surface area contributed by atoms with Gasteiger partial charge in [0.05, 0.1) is 12.7 Å². The van der Waals surface area contributed by atoms with Crippen LogP contribution in [0.3, 0.4) is 0 Å². The maximum Gasteiger partial charge on any atom is 0.337 e. The minimum atomic E-state index is -0.254. The van der Waals surface area contributed by atoms with Gasteiger partial charge in [0.25, 0.3) is 0 Å². The highest BCUT2D eigenvalue weighted by molar-refractivity contribution is 8.76. The van der Waals surface area contributed by atoms with Gasteiger partial charge in [0.1, 0.15) is 0 Å². The lowest BCUT2D eigenvalue weighted by atomic mass is 10.1. The first-order valence-electron chi connectivity index (χ1n) is 4.26. The number of ether oxygens (including phenoxy) is 1. The summed E-state index contributed by atoms with van der Waals surface area (Å²) in [6.07, 6.45) is 0. The van der Waals surface area contributed by atoms with E-state index in [1.54, 1.807) is 0 Å². The Morgan fingerprint density at radius 2 is 2.00 bits per heavy atom. The van der Waals surface area contributed by atoms with Crippen LogP contribution in [0.25, 0.3) is 0 Å². The number of benzene rings is 1. The van der Waals surface area contributed by atoms with Gasteiger partial charge in [0.15, 0.2) is 0 Å². The van der Waals surface area contributed by atoms with Crippen molar-refractivity contribution in [2.45, 2.75) is 11.5 Å². The summed E-state index contributed by atoms with van der Waals surface area (Å²) in [7, 11) is 5.10. The lowest BCUT2D eigenvalue weighted by molar-refractivity contribution is 0.0600. The van der Waals surface area contributed by atoms with E-state index in [-0.39, 0.29) is 5.97 Å². The summed E-state index contributed by atoms with van der Waals surface area (Å²) in [5.74, 6) is 1.75. The fourth-order valence-corrected chi connectivity index (χ4v) is 3.59. The van der Waals surface area contributed by atoms with Crippen LogP contribution in [0.1, 0.15) is 21.5 Å². The summed E-state index contributed by atoms with van der Waals surface area (Å²) in [6, 6.07) is 5.80. The van der Waals surface area contributed by atoms with Gasteiger partial charge in [-0.2, -0.15) is 0 Å². The van der Waals surface area contributed by atoms with Gasteiger partial charge in [-0.05, 0) is 23.3 Å². The SMILES string of the molecule is COC(=O)c1ccc2c(c1)CSSC2. The number of methoxy groups -OCH3 is 1. The lowest BCUT2D eigenvalue weighted by Crippen LogP contribution is -2.04. The number of fused-ring (bicyclic) bond motifs is 1. The molecule has 0 radical (unpaired) electrons. The highest BCUT2D eigenvalue weighted by atomic mass is 33.1. The van der Waals surface area contributed by atoms with Crippen LogP contribution in [0, 0.1) is 0 Å². The molecule has 0 unspecified atom stereocenters. The van der Waals surface area contributed by atoms with Crippen molar-refractivity contribution < 1.29 is 9.53 Å². The first kappa shape index (κ1) is 9.93. The van der Waals surface area contributed by atoms with Crippen LogP contribution in [-0.2, 0) is 16.2 Å². The van der Waals surface area contributed by atoms with Crippen molar-refractivity contribution in [1.82, 2.24) is 0 Å². The average Bonchev–Trinajstić information content (AvgIpc) is 2.27. The van der Waals surface area contributed by atoms with Gasteiger partial charge >= 0.3 is 5.97 Å². The van der Waals surface area contributed by atoms with Crippen LogP contribution >= 0.6 is 21.6 Å². The third-order valence-electron chi connectivity index (χ3n) is 2.14. The molecule has 14 heavy (non-hydrogen) atoms. The van der Waals surface area contributed by atoms with Gasteiger partial charge in [-0.25, -0.2) is 4.79 Å². The molecule has 0 aromatic heterocycles. The van der Waals surface area contributed by atoms with Crippen molar-refractivity contribution in [3.05, 3.63) is 34.9 Å². The van der Waals surface area contributed by atoms with Crippen molar-refractivity contribution >= 4 is 27.6 Å². The molecule has 0 saturated carbocycles. The predicted octanol–water partition coefficient (Wildman–Crippen LogP) is 2.87. The van der Waals surface area contributed by atoms with Crippen molar-refractivity contribution in [2.75, 3.05) is 7.11 Å². The zero-order chi connectivity index (χ0) is 9.97. The van der Waals surface area contributed by atoms with E-state index in [1.807, 2.05) is 39.8 Å². The van der Waals surface area contributed by atoms with Crippen molar-refractivity contribution in [3.63, 3.8) is 0 Å². The molecule has 0 spiro atoms. The van der Waals surface area contributed by atoms with Crippen molar-refractivity contribution in [1.29, 1.82) is 0 Å². The zero-order valence-electron chi connectivity index (χ0n) is 7.78. The van der Waals surface area contributed by atoms with E-state index in [1.165, 1.54) is 18.2 Å². The molecule has 0 aliphatic carbocycles. The molecule has 2 nitrogen and oxygen atoms in total. The molecule has 0 N–H and O–H groups in total. The standard InChI is InChI=1S/C10H10O2S2/c1-12-10(11)7-2-3-8-5-13-14-6-9(8)4-7/h2-4H,5-6H2,1H3. The number of esters is 1. The van der Waals surface area contributed by atoms with E-state index in [2.05, 4.69) is 4.74 Å². The van der Waals surface area contributed by atoms with E-state index in [9.17, 15) is 4.79 Å². The Morgan fingerprint density at radius 1 is 1.29 bits per heavy atom. The van der Waals surface area contributed by atoms with E-state index in [4.69, 9.17) is 0 Å². The second-order valence-electron chi connectivity index (χ2n) is 3.00. The molecule has 0 saturated heterocycles. The number of carbonyl (C=O) groups excluding carboxylic acids is 1. The molecule has 0 atom stereocenters. The number of rotatable bonds is 1. The van der Waals surface area contributed by atoms with Gasteiger partial charge in [-0.1, -0.05) is 27.7 Å². The Bertz CT molecular complexity index is 363. The molecular formula is C10H10O2S2. The van der Waals surface area contributed by atoms with E-state index in [0.717, 1.165) is 11.5 Å². The average molecular weight is 226 g/mol. The summed E-state index contributed by atoms with van der Waals surface area (Å²) < 4.78 is 4.68. The summed E-state index contributed by atoms with van der Waals surface area (Å²) in [4.78, 5) is 11.3. The van der Waals surface area contributed by atoms with Gasteiger partial charge in [-0.3, -0.25) is 0 Å². The molecule has 1 heterocycles. The Labute approximate surface area is 90.8 Å². The second-order valence-corrected chi connectivity index (χ2v) is 5.46. The molecule has 2 rings (SSSR count). The highest BCUT2D eigenvalue weighted by Crippen LogP contribution is 2.37. The van der Waals surface area contributed by atoms with Crippen LogP contribution in [0.5, 0.6) is 0 Å². The molecule has 0 bridgehead atoms. The minimum absolute atomic E-state index is 0.254. The number of hydrogen-bond donors (Lipinski definition) is 0. The second kappa shape index (κ2) is 4.28. The predicted molar refractivity (Wildman–Crippen MR) is 60.4 cm³/mol. The first-order valence-corrected chi connectivity index (χ1v) is 6.74. The maximum atomic E-state index is 11.3. The quantitative estimate of drug-likeness (QED) is 0.543. The molecule has 1 aromatic rings. The normalized spacial score (nSPS) is 14.6. The Morgan fingerprint density at radius 3 is 2.71 bits per heavy atom. The maximum absolute atomic E-state index is 11.3. The van der Waals surface area contributed by atoms with Crippen LogP contribution in [0.15, 0.2) is 18.2 Å². The molecule has 1 aromatic carbocycles. The third kappa shape index (κ3) is 1.91. The summed E-state index contributed by atoms with van der Waals surface area (Å²) in [5, 5.41) is 0. The van der Waals surface area contributed by atoms with Crippen LogP contribution in [-0.4, -0.2) is 13.1 Å². The van der Waals surface area contributed by atoms with Crippen molar-refractivity contribution in [2.24, 2.45) is 0 Å². The number of carbonyl (C=O) groups is 1. The molecule has 0 amide bonds. The van der Waals surface area contributed by atoms with Crippen LogP contribution in [0.4, 0.5) is 0 Å². The Hall–Kier alpha value is -0.610. The first-order chi connectivity index (χ1) is 6.81. The monoisotopic (exact) mass is 226 g/mol. The van der Waals surface area contributed by atoms with Crippen LogP contribution < -0.4 is 0 Å². The van der Waals surface area contributed by atoms with E-state index >= 15 is 0 Å². The van der Waals surface area contributed by atoms with Crippen LogP contribution in [0.2, 0.25) is 0 Å². The van der Waals surface area contributed by atoms with Gasteiger partial charge in [0, 0.05) is 11.5 Å². The number of hydrogen-bond acceptors (Lipinski definition) is 4. The highest BCUT2D eigenvalue weighted by Gasteiger charge is 2.13. The molecule has 1 aliphatic rings. The topological polar surface area (TPSA) is 26.3 Å². The largest absolute Gasteiger partial charge is 0.465 e. The smallest absolute Gasteiger partial charge is 0.337 e. The third-order valence-corrected chi connectivity index (χ3v) is 4.37. The molecule has 0 fully saturated rings. The molecule has 74 valence electrons. The summed E-state index contributed by atoms with van der Waals surface area (Å²) in [5.41, 5.74) is 3.25. The zero-order valence-corrected chi connectivity index (χ0v) is 9.41. The van der Waals surface area contributed by atoms with Gasteiger partial charge in [0.2, 0.25) is 0 Å². The van der Waals surface area contributed by atoms with Gasteiger partial charge in [-0.15, -0.1) is 0 Å². The molecule has 1 aliphatic heterocycles. The molecule has 4 heteroatoms. The summed E-state index contributed by atoms with van der Waals surface area (Å²) in [6.45, 7) is 0. The lowest BCUT2D eigenvalue weighted by Gasteiger charge is -2.14. The molecular weight excluding hydrogens is 216 g/mol. The summed E-state index contributed by atoms with van der Waals surface area (Å²) >= 11 is 0. The van der Waals surface area contributed by atoms with Crippen molar-refractivity contribution in [3.8, 4) is 0 Å². The fourth-order valence-electron chi connectivity index (χ4n) is 1.36. The Balaban J connectivity index is 2.33. The fraction of sp³-hybridized carbons (Fsp3) is 0.300. The van der Waals surface area contributed by atoms with E-state index in [0.29, 0.717) is 5.56 Å². The van der Waals surface area contributed by atoms with E-state index < -0.39 is 0 Å². The Kier molecular flexibility index (Phi) is 3.03.